The molecule has 0 aromatic rings. The van der Waals surface area contributed by atoms with Crippen molar-refractivity contribution in [2.45, 2.75) is 19.3 Å². The molecule has 4 heteroatoms. The highest BCUT2D eigenvalue weighted by molar-refractivity contribution is 5.73. The molecule has 0 aromatic carbocycles. The van der Waals surface area contributed by atoms with Crippen LogP contribution < -0.4 is 5.73 Å². The van der Waals surface area contributed by atoms with Crippen molar-refractivity contribution in [3.05, 3.63) is 12.2 Å². The van der Waals surface area contributed by atoms with Gasteiger partial charge in [0.2, 0.25) is 5.91 Å². The molecule has 0 aliphatic rings. The second kappa shape index (κ2) is 4.90. The number of hydrogen-bond acceptors (Lipinski definition) is 1. The number of hydrogen-bond donors (Lipinski definition) is 1. The molecular formula is C6H9F2NO. The molecule has 2 nitrogen and oxygen atoms in total. The molecule has 0 fully saturated rings. The number of halogens is 2. The van der Waals surface area contributed by atoms with Crippen LogP contribution in [-0.4, -0.2) is 5.91 Å². The monoisotopic (exact) mass is 149 g/mol. The van der Waals surface area contributed by atoms with Crippen LogP contribution in [0.5, 0.6) is 0 Å². The molecule has 1 amide bonds. The lowest BCUT2D eigenvalue weighted by Gasteiger charge is -1.89. The third-order valence-corrected chi connectivity index (χ3v) is 0.926. The van der Waals surface area contributed by atoms with Crippen molar-refractivity contribution in [2.24, 2.45) is 5.73 Å². The van der Waals surface area contributed by atoms with Crippen molar-refractivity contribution in [3.63, 3.8) is 0 Å². The van der Waals surface area contributed by atoms with E-state index in [9.17, 15) is 13.6 Å². The summed E-state index contributed by atoms with van der Waals surface area (Å²) >= 11 is 0. The number of amides is 1. The molecule has 0 spiro atoms. The third kappa shape index (κ3) is 7.07. The normalized spacial score (nSPS) is 9.00. The fourth-order valence-corrected chi connectivity index (χ4v) is 0.487. The average Bonchev–Trinajstić information content (AvgIpc) is 1.79. The van der Waals surface area contributed by atoms with Gasteiger partial charge in [0.15, 0.2) is 0 Å². The Labute approximate surface area is 57.7 Å². The first-order valence-electron chi connectivity index (χ1n) is 2.92. The van der Waals surface area contributed by atoms with E-state index in [4.69, 9.17) is 5.73 Å². The first-order valence-corrected chi connectivity index (χ1v) is 2.92. The Morgan fingerprint density at radius 3 is 2.50 bits per heavy atom. The van der Waals surface area contributed by atoms with Gasteiger partial charge in [-0.25, -0.2) is 0 Å². The highest BCUT2D eigenvalue weighted by Gasteiger charge is 1.93. The van der Waals surface area contributed by atoms with E-state index < -0.39 is 12.0 Å². The molecule has 0 aromatic heterocycles. The first kappa shape index (κ1) is 9.07. The predicted molar refractivity (Wildman–Crippen MR) is 33.3 cm³/mol. The Morgan fingerprint density at radius 2 is 2.10 bits per heavy atom. The molecule has 0 unspecified atom stereocenters. The quantitative estimate of drug-likeness (QED) is 0.603. The van der Waals surface area contributed by atoms with Crippen LogP contribution in [-0.2, 0) is 4.79 Å². The number of carbonyl (C=O) groups excluding carboxylic acids is 1. The molecule has 0 heterocycles. The Hall–Kier alpha value is -0.930. The van der Waals surface area contributed by atoms with Gasteiger partial charge in [-0.1, -0.05) is 0 Å². The van der Waals surface area contributed by atoms with Crippen LogP contribution in [0.2, 0.25) is 0 Å². The third-order valence-electron chi connectivity index (χ3n) is 0.926. The summed E-state index contributed by atoms with van der Waals surface area (Å²) in [7, 11) is 0. The lowest BCUT2D eigenvalue weighted by atomic mass is 10.2. The maximum Gasteiger partial charge on any atom is 0.266 e. The van der Waals surface area contributed by atoms with Crippen LogP contribution in [0.15, 0.2) is 12.2 Å². The van der Waals surface area contributed by atoms with E-state index >= 15 is 0 Å². The molecule has 58 valence electrons. The van der Waals surface area contributed by atoms with Crippen LogP contribution in [0, 0.1) is 0 Å². The first-order chi connectivity index (χ1) is 4.63. The van der Waals surface area contributed by atoms with Gasteiger partial charge in [0.25, 0.3) is 6.08 Å². The van der Waals surface area contributed by atoms with Crippen molar-refractivity contribution >= 4 is 5.91 Å². The van der Waals surface area contributed by atoms with Crippen molar-refractivity contribution in [2.75, 3.05) is 0 Å². The van der Waals surface area contributed by atoms with Gasteiger partial charge in [0.05, 0.1) is 0 Å². The summed E-state index contributed by atoms with van der Waals surface area (Å²) in [5.41, 5.74) is 4.76. The van der Waals surface area contributed by atoms with Crippen molar-refractivity contribution in [1.29, 1.82) is 0 Å². The van der Waals surface area contributed by atoms with E-state index in [0.29, 0.717) is 6.42 Å². The molecule has 0 atom stereocenters. The largest absolute Gasteiger partial charge is 0.370 e. The van der Waals surface area contributed by atoms with E-state index in [0.717, 1.165) is 6.08 Å². The van der Waals surface area contributed by atoms with Crippen LogP contribution in [0.3, 0.4) is 0 Å². The second-order valence-electron chi connectivity index (χ2n) is 1.85. The summed E-state index contributed by atoms with van der Waals surface area (Å²) in [5, 5.41) is 0. The highest BCUT2D eigenvalue weighted by atomic mass is 19.3. The summed E-state index contributed by atoms with van der Waals surface area (Å²) < 4.78 is 22.6. The van der Waals surface area contributed by atoms with Crippen molar-refractivity contribution in [3.8, 4) is 0 Å². The number of rotatable bonds is 4. The molecule has 0 radical (unpaired) electrons. The molecule has 0 aliphatic carbocycles. The number of nitrogens with two attached hydrogens (primary N) is 1. The smallest absolute Gasteiger partial charge is 0.266 e. The Kier molecular flexibility index (Phi) is 4.45. The van der Waals surface area contributed by atoms with Gasteiger partial charge in [0, 0.05) is 6.42 Å². The predicted octanol–water partition coefficient (Wildman–Crippen LogP) is 1.42. The Balaban J connectivity index is 3.21. The zero-order valence-corrected chi connectivity index (χ0v) is 5.44. The minimum Gasteiger partial charge on any atom is -0.370 e. The van der Waals surface area contributed by atoms with Crippen LogP contribution in [0.25, 0.3) is 0 Å². The van der Waals surface area contributed by atoms with Gasteiger partial charge in [-0.05, 0) is 18.9 Å². The van der Waals surface area contributed by atoms with E-state index in [1.54, 1.807) is 0 Å². The Bertz CT molecular complexity index is 141. The van der Waals surface area contributed by atoms with Crippen molar-refractivity contribution < 1.29 is 13.6 Å². The average molecular weight is 149 g/mol. The summed E-state index contributed by atoms with van der Waals surface area (Å²) in [4.78, 5) is 10.1. The van der Waals surface area contributed by atoms with Crippen LogP contribution >= 0.6 is 0 Å². The lowest BCUT2D eigenvalue weighted by Crippen LogP contribution is -2.09. The van der Waals surface area contributed by atoms with Gasteiger partial charge >= 0.3 is 0 Å². The number of allylic oxidation sites excluding steroid dienone is 1. The molecule has 0 aliphatic heterocycles. The van der Waals surface area contributed by atoms with E-state index in [-0.39, 0.29) is 12.8 Å². The highest BCUT2D eigenvalue weighted by Crippen LogP contribution is 2.02. The molecule has 0 bridgehead atoms. The molecule has 10 heavy (non-hydrogen) atoms. The molecule has 0 rings (SSSR count). The van der Waals surface area contributed by atoms with Crippen molar-refractivity contribution in [1.82, 2.24) is 0 Å². The van der Waals surface area contributed by atoms with Gasteiger partial charge < -0.3 is 5.73 Å². The molecule has 0 saturated carbocycles. The molecule has 2 N–H and O–H groups in total. The second-order valence-corrected chi connectivity index (χ2v) is 1.85. The fourth-order valence-electron chi connectivity index (χ4n) is 0.487. The number of primary amides is 1. The molecular weight excluding hydrogens is 140 g/mol. The zero-order valence-electron chi connectivity index (χ0n) is 5.44. The van der Waals surface area contributed by atoms with Gasteiger partial charge in [-0.15, -0.1) is 0 Å². The number of carbonyl (C=O) groups is 1. The van der Waals surface area contributed by atoms with Crippen LogP contribution in [0.1, 0.15) is 19.3 Å². The van der Waals surface area contributed by atoms with Gasteiger partial charge in [0.1, 0.15) is 0 Å². The maximum atomic E-state index is 11.3. The Morgan fingerprint density at radius 1 is 1.50 bits per heavy atom. The van der Waals surface area contributed by atoms with E-state index in [1.807, 2.05) is 0 Å². The summed E-state index contributed by atoms with van der Waals surface area (Å²) in [5.74, 6) is -0.451. The summed E-state index contributed by atoms with van der Waals surface area (Å²) in [6.45, 7) is 0. The minimum atomic E-state index is -1.70. The summed E-state index contributed by atoms with van der Waals surface area (Å²) in [6, 6.07) is 0. The SMILES string of the molecule is NC(=O)CCCC=C(F)F. The lowest BCUT2D eigenvalue weighted by molar-refractivity contribution is -0.118. The molecule has 0 saturated heterocycles. The van der Waals surface area contributed by atoms with Gasteiger partial charge in [-0.2, -0.15) is 8.78 Å². The topological polar surface area (TPSA) is 43.1 Å². The zero-order chi connectivity index (χ0) is 7.98. The standard InChI is InChI=1S/C6H9F2NO/c7-5(8)3-1-2-4-6(9)10/h3H,1-2,4H2,(H2,9,10). The number of unbranched alkanes of at least 4 members (excludes halogenated alkanes) is 1. The summed E-state index contributed by atoms with van der Waals surface area (Å²) in [6.07, 6.45) is -0.144. The van der Waals surface area contributed by atoms with E-state index in [2.05, 4.69) is 0 Å². The minimum absolute atomic E-state index is 0.170. The van der Waals surface area contributed by atoms with Gasteiger partial charge in [-0.3, -0.25) is 4.79 Å². The fraction of sp³-hybridized carbons (Fsp3) is 0.500. The van der Waals surface area contributed by atoms with E-state index in [1.165, 1.54) is 0 Å². The maximum absolute atomic E-state index is 11.3. The van der Waals surface area contributed by atoms with Crippen LogP contribution in [0.4, 0.5) is 8.78 Å².